The summed E-state index contributed by atoms with van der Waals surface area (Å²) in [5.41, 5.74) is 2.43. The highest BCUT2D eigenvalue weighted by Gasteiger charge is 2.52. The Morgan fingerprint density at radius 3 is 2.41 bits per heavy atom. The van der Waals surface area contributed by atoms with Crippen LogP contribution < -0.4 is 5.32 Å². The molecular weight excluding hydrogens is 420 g/mol. The van der Waals surface area contributed by atoms with Crippen molar-refractivity contribution in [2.45, 2.75) is 83.1 Å². The first-order valence-corrected chi connectivity index (χ1v) is 13.5. The quantitative estimate of drug-likeness (QED) is 0.654. The maximum absolute atomic E-state index is 13.9. The van der Waals surface area contributed by atoms with Crippen LogP contribution in [-0.4, -0.2) is 37.8 Å². The molecule has 0 radical (unpaired) electrons. The Hall–Kier alpha value is -1.66. The standard InChI is InChI=1S/C26H38N2O3S/c1-25(2,3)19-11-13-21(14-12-19)32(30,31)28(23-8-6-7-15-27-24(23)29)17-18-9-10-20-16-22(18)26(20,4)5/h9,11-14,20,22-23H,6-8,10,15-17H2,1-5H3,(H,27,29). The van der Waals surface area contributed by atoms with E-state index < -0.39 is 16.1 Å². The van der Waals surface area contributed by atoms with Crippen LogP contribution in [0.4, 0.5) is 0 Å². The second-order valence-corrected chi connectivity index (χ2v) is 13.3. The first-order chi connectivity index (χ1) is 14.9. The zero-order valence-electron chi connectivity index (χ0n) is 20.1. The van der Waals surface area contributed by atoms with Crippen molar-refractivity contribution in [1.29, 1.82) is 0 Å². The summed E-state index contributed by atoms with van der Waals surface area (Å²) in [6.45, 7) is 11.8. The molecule has 32 heavy (non-hydrogen) atoms. The van der Waals surface area contributed by atoms with Gasteiger partial charge in [0.2, 0.25) is 15.9 Å². The minimum Gasteiger partial charge on any atom is -0.355 e. The lowest BCUT2D eigenvalue weighted by atomic mass is 9.49. The Bertz CT molecular complexity index is 1000. The van der Waals surface area contributed by atoms with Crippen molar-refractivity contribution in [1.82, 2.24) is 9.62 Å². The summed E-state index contributed by atoms with van der Waals surface area (Å²) in [6.07, 6.45) is 6.66. The van der Waals surface area contributed by atoms with Gasteiger partial charge in [0.25, 0.3) is 0 Å². The molecular formula is C26H38N2O3S. The minimum absolute atomic E-state index is 0.0532. The first kappa shape index (κ1) is 23.5. The summed E-state index contributed by atoms with van der Waals surface area (Å²) in [7, 11) is -3.82. The number of hydrogen-bond donors (Lipinski definition) is 1. The number of amides is 1. The highest BCUT2D eigenvalue weighted by atomic mass is 32.2. The number of hydrogen-bond acceptors (Lipinski definition) is 3. The zero-order chi connectivity index (χ0) is 23.3. The van der Waals surface area contributed by atoms with Crippen molar-refractivity contribution in [3.63, 3.8) is 0 Å². The van der Waals surface area contributed by atoms with Gasteiger partial charge in [0, 0.05) is 13.1 Å². The van der Waals surface area contributed by atoms with E-state index in [1.807, 2.05) is 12.1 Å². The third-order valence-electron chi connectivity index (χ3n) is 8.10. The van der Waals surface area contributed by atoms with Crippen molar-refractivity contribution >= 4 is 15.9 Å². The number of fused-ring (bicyclic) bond motifs is 1. The van der Waals surface area contributed by atoms with E-state index in [0.29, 0.717) is 31.3 Å². The Balaban J connectivity index is 1.70. The van der Waals surface area contributed by atoms with Gasteiger partial charge in [-0.25, -0.2) is 8.42 Å². The summed E-state index contributed by atoms with van der Waals surface area (Å²) in [6, 6.07) is 6.55. The summed E-state index contributed by atoms with van der Waals surface area (Å²) in [4.78, 5) is 13.2. The Kier molecular flexibility index (Phi) is 6.08. The minimum atomic E-state index is -3.82. The van der Waals surface area contributed by atoms with Crippen molar-refractivity contribution in [2.24, 2.45) is 17.3 Å². The van der Waals surface area contributed by atoms with Crippen LogP contribution in [-0.2, 0) is 20.2 Å². The van der Waals surface area contributed by atoms with E-state index >= 15 is 0 Å². The van der Waals surface area contributed by atoms with Crippen LogP contribution in [0, 0.1) is 17.3 Å². The van der Waals surface area contributed by atoms with Gasteiger partial charge in [-0.2, -0.15) is 4.31 Å². The Labute approximate surface area is 193 Å². The molecule has 176 valence electrons. The van der Waals surface area contributed by atoms with Gasteiger partial charge in [0.05, 0.1) is 4.90 Å². The highest BCUT2D eigenvalue weighted by molar-refractivity contribution is 7.89. The van der Waals surface area contributed by atoms with Gasteiger partial charge < -0.3 is 5.32 Å². The monoisotopic (exact) mass is 458 g/mol. The maximum atomic E-state index is 13.9. The molecule has 1 heterocycles. The van der Waals surface area contributed by atoms with Gasteiger partial charge in [0.1, 0.15) is 6.04 Å². The lowest BCUT2D eigenvalue weighted by Crippen LogP contribution is -2.53. The van der Waals surface area contributed by atoms with Gasteiger partial charge >= 0.3 is 0 Å². The van der Waals surface area contributed by atoms with Gasteiger partial charge in [-0.1, -0.05) is 58.4 Å². The maximum Gasteiger partial charge on any atom is 0.244 e. The van der Waals surface area contributed by atoms with Crippen LogP contribution in [0.25, 0.3) is 0 Å². The fourth-order valence-corrected chi connectivity index (χ4v) is 7.26. The van der Waals surface area contributed by atoms with Gasteiger partial charge in [-0.15, -0.1) is 0 Å². The van der Waals surface area contributed by atoms with Crippen molar-refractivity contribution in [2.75, 3.05) is 13.1 Å². The predicted molar refractivity (Wildman–Crippen MR) is 128 cm³/mol. The number of rotatable bonds is 5. The molecule has 1 aliphatic heterocycles. The molecule has 0 spiro atoms. The molecule has 2 bridgehead atoms. The number of carbonyl (C=O) groups excluding carboxylic acids is 1. The van der Waals surface area contributed by atoms with Crippen LogP contribution in [0.2, 0.25) is 0 Å². The number of sulfonamides is 1. The molecule has 2 fully saturated rings. The van der Waals surface area contributed by atoms with E-state index in [0.717, 1.165) is 31.2 Å². The average molecular weight is 459 g/mol. The van der Waals surface area contributed by atoms with Crippen LogP contribution >= 0.6 is 0 Å². The van der Waals surface area contributed by atoms with Crippen LogP contribution in [0.3, 0.4) is 0 Å². The molecule has 0 aromatic heterocycles. The number of nitrogens with zero attached hydrogens (tertiary/aromatic N) is 1. The number of carbonyl (C=O) groups is 1. The third-order valence-corrected chi connectivity index (χ3v) is 9.97. The Morgan fingerprint density at radius 2 is 1.81 bits per heavy atom. The first-order valence-electron chi connectivity index (χ1n) is 12.0. The van der Waals surface area contributed by atoms with Crippen LogP contribution in [0.1, 0.15) is 72.3 Å². The van der Waals surface area contributed by atoms with E-state index in [-0.39, 0.29) is 21.6 Å². The molecule has 1 N–H and O–H groups in total. The van der Waals surface area contributed by atoms with E-state index in [2.05, 4.69) is 46.0 Å². The van der Waals surface area contributed by atoms with E-state index in [9.17, 15) is 13.2 Å². The molecule has 1 aromatic rings. The smallest absolute Gasteiger partial charge is 0.244 e. The Morgan fingerprint density at radius 1 is 1.12 bits per heavy atom. The normalized spacial score (nSPS) is 27.9. The fourth-order valence-electron chi connectivity index (χ4n) is 5.66. The number of nitrogens with one attached hydrogen (secondary N) is 1. The molecule has 4 aliphatic rings. The SMILES string of the molecule is CC(C)(C)c1ccc(S(=O)(=O)N(CC2=CCC3CC2C3(C)C)C2CCCCNC2=O)cc1. The molecule has 3 atom stereocenters. The molecule has 1 saturated carbocycles. The predicted octanol–water partition coefficient (Wildman–Crippen LogP) is 4.64. The third kappa shape index (κ3) is 4.16. The highest BCUT2D eigenvalue weighted by Crippen LogP contribution is 2.59. The lowest BCUT2D eigenvalue weighted by molar-refractivity contribution is -0.124. The number of allylic oxidation sites excluding steroid dienone is 1. The van der Waals surface area contributed by atoms with Gasteiger partial charge in [-0.05, 0) is 72.5 Å². The van der Waals surface area contributed by atoms with E-state index in [1.54, 1.807) is 12.1 Å². The summed E-state index contributed by atoms with van der Waals surface area (Å²) >= 11 is 0. The molecule has 5 nitrogen and oxygen atoms in total. The van der Waals surface area contributed by atoms with E-state index in [4.69, 9.17) is 0 Å². The second-order valence-electron chi connectivity index (χ2n) is 11.4. The molecule has 5 rings (SSSR count). The van der Waals surface area contributed by atoms with Crippen molar-refractivity contribution < 1.29 is 13.2 Å². The van der Waals surface area contributed by atoms with E-state index in [1.165, 1.54) is 9.88 Å². The number of benzene rings is 1. The average Bonchev–Trinajstić information content (AvgIpc) is 2.95. The zero-order valence-corrected chi connectivity index (χ0v) is 21.0. The molecule has 3 aliphatic carbocycles. The fraction of sp³-hybridized carbons (Fsp3) is 0.654. The molecule has 3 unspecified atom stereocenters. The molecule has 6 heteroatoms. The summed E-state index contributed by atoms with van der Waals surface area (Å²) in [5.74, 6) is 0.919. The summed E-state index contributed by atoms with van der Waals surface area (Å²) in [5, 5.41) is 2.94. The molecule has 1 amide bonds. The van der Waals surface area contributed by atoms with Gasteiger partial charge in [-0.3, -0.25) is 4.79 Å². The second kappa shape index (κ2) is 8.28. The van der Waals surface area contributed by atoms with Crippen LogP contribution in [0.15, 0.2) is 40.8 Å². The van der Waals surface area contributed by atoms with Crippen LogP contribution in [0.5, 0.6) is 0 Å². The summed E-state index contributed by atoms with van der Waals surface area (Å²) < 4.78 is 29.3. The molecule has 1 aromatic carbocycles. The largest absolute Gasteiger partial charge is 0.355 e. The van der Waals surface area contributed by atoms with Gasteiger partial charge in [0.15, 0.2) is 0 Å². The lowest BCUT2D eigenvalue weighted by Gasteiger charge is -2.57. The van der Waals surface area contributed by atoms with Crippen molar-refractivity contribution in [3.8, 4) is 0 Å². The topological polar surface area (TPSA) is 66.5 Å². The van der Waals surface area contributed by atoms with Crippen molar-refractivity contribution in [3.05, 3.63) is 41.5 Å². The molecule has 1 saturated heterocycles.